The third-order valence-electron chi connectivity index (χ3n) is 2.48. The maximum absolute atomic E-state index is 11.0. The van der Waals surface area contributed by atoms with Gasteiger partial charge in [-0.2, -0.15) is 0 Å². The van der Waals surface area contributed by atoms with Crippen molar-refractivity contribution in [2.75, 3.05) is 25.0 Å². The molecular weight excluding hydrogens is 366 g/mol. The van der Waals surface area contributed by atoms with E-state index in [9.17, 15) is 9.36 Å². The van der Waals surface area contributed by atoms with Gasteiger partial charge in [0.05, 0.1) is 11.8 Å². The number of fused-ring (bicyclic) bond motifs is 1. The first-order chi connectivity index (χ1) is 11.0. The molecular formula is C14H16Cl2O6P+. The van der Waals surface area contributed by atoms with Crippen molar-refractivity contribution in [1.82, 2.24) is 0 Å². The molecule has 1 aromatic carbocycles. The van der Waals surface area contributed by atoms with Gasteiger partial charge in [0.25, 0.3) is 0 Å². The highest BCUT2D eigenvalue weighted by Crippen LogP contribution is 2.23. The fourth-order valence-corrected chi connectivity index (χ4v) is 2.49. The average molecular weight is 382 g/mol. The Kier molecular flexibility index (Phi) is 9.14. The van der Waals surface area contributed by atoms with Gasteiger partial charge in [0.15, 0.2) is 0 Å². The third kappa shape index (κ3) is 7.29. The molecule has 0 spiro atoms. The largest absolute Gasteiger partial charge is 0.697 e. The van der Waals surface area contributed by atoms with Gasteiger partial charge in [-0.1, -0.05) is 0 Å². The van der Waals surface area contributed by atoms with Crippen LogP contribution >= 0.6 is 31.5 Å². The van der Waals surface area contributed by atoms with Crippen LogP contribution in [0.15, 0.2) is 33.5 Å². The van der Waals surface area contributed by atoms with Crippen LogP contribution in [-0.4, -0.2) is 30.1 Å². The molecule has 1 N–H and O–H groups in total. The lowest BCUT2D eigenvalue weighted by Crippen LogP contribution is -1.97. The van der Waals surface area contributed by atoms with Crippen LogP contribution in [-0.2, 0) is 13.6 Å². The van der Waals surface area contributed by atoms with Crippen LogP contribution in [0.1, 0.15) is 5.56 Å². The molecule has 9 heteroatoms. The second-order valence-electron chi connectivity index (χ2n) is 4.20. The summed E-state index contributed by atoms with van der Waals surface area (Å²) < 4.78 is 24.6. The van der Waals surface area contributed by atoms with E-state index in [1.54, 1.807) is 12.1 Å². The Labute approximate surface area is 143 Å². The first-order valence-corrected chi connectivity index (χ1v) is 8.73. The van der Waals surface area contributed by atoms with Crippen molar-refractivity contribution < 1.29 is 23.1 Å². The molecule has 0 atom stereocenters. The number of aryl methyl sites for hydroxylation is 1. The molecule has 0 aliphatic rings. The zero-order valence-electron chi connectivity index (χ0n) is 12.3. The zero-order valence-corrected chi connectivity index (χ0v) is 14.7. The number of halogens is 2. The molecule has 23 heavy (non-hydrogen) atoms. The SMILES string of the molecule is Cc1cc(=O)oc2cc(O)ccc12.O=[P+](OCCCl)OCCCl. The Morgan fingerprint density at radius 2 is 1.78 bits per heavy atom. The molecule has 0 amide bonds. The lowest BCUT2D eigenvalue weighted by atomic mass is 10.1. The molecule has 0 unspecified atom stereocenters. The van der Waals surface area contributed by atoms with Crippen LogP contribution in [0, 0.1) is 6.92 Å². The van der Waals surface area contributed by atoms with Crippen molar-refractivity contribution in [3.8, 4) is 5.75 Å². The number of phenols is 1. The van der Waals surface area contributed by atoms with Gasteiger partial charge in [-0.3, -0.25) is 0 Å². The van der Waals surface area contributed by atoms with Gasteiger partial charge in [-0.05, 0) is 24.6 Å². The quantitative estimate of drug-likeness (QED) is 0.462. The number of aromatic hydroxyl groups is 1. The van der Waals surface area contributed by atoms with Gasteiger partial charge in [0.1, 0.15) is 24.5 Å². The fraction of sp³-hybridized carbons (Fsp3) is 0.357. The topological polar surface area (TPSA) is 86.0 Å². The Morgan fingerprint density at radius 3 is 2.35 bits per heavy atom. The molecule has 2 aromatic rings. The third-order valence-corrected chi connectivity index (χ3v) is 3.58. The molecule has 0 saturated carbocycles. The Hall–Kier alpha value is -1.17. The summed E-state index contributed by atoms with van der Waals surface area (Å²) in [7, 11) is -2.01. The number of rotatable bonds is 6. The van der Waals surface area contributed by atoms with Crippen LogP contribution in [0.3, 0.4) is 0 Å². The van der Waals surface area contributed by atoms with Crippen LogP contribution in [0.4, 0.5) is 0 Å². The summed E-state index contributed by atoms with van der Waals surface area (Å²) in [4.78, 5) is 11.0. The summed E-state index contributed by atoms with van der Waals surface area (Å²) in [5.74, 6) is 0.720. The second kappa shape index (κ2) is 10.6. The molecule has 0 aliphatic heterocycles. The smallest absolute Gasteiger partial charge is 0.508 e. The standard InChI is InChI=1S/C10H8O3.C4H8Cl2O3P/c1-6-4-10(12)13-9-5-7(11)2-3-8(6)9;5-1-3-8-10(7)9-4-2-6/h2-5,11H,1H3;1-4H2/q;+1. The number of hydrogen-bond acceptors (Lipinski definition) is 6. The molecule has 0 aliphatic carbocycles. The summed E-state index contributed by atoms with van der Waals surface area (Å²) in [6, 6.07) is 6.15. The highest BCUT2D eigenvalue weighted by molar-refractivity contribution is 7.33. The molecule has 1 heterocycles. The summed E-state index contributed by atoms with van der Waals surface area (Å²) >= 11 is 10.5. The number of hydrogen-bond donors (Lipinski definition) is 1. The van der Waals surface area contributed by atoms with E-state index in [2.05, 4.69) is 9.05 Å². The Balaban J connectivity index is 0.000000241. The number of phenolic OH excluding ortho intramolecular Hbond substituents is 1. The first kappa shape index (κ1) is 19.9. The molecule has 0 bridgehead atoms. The van der Waals surface area contributed by atoms with Gasteiger partial charge >= 0.3 is 13.9 Å². The number of alkyl halides is 2. The average Bonchev–Trinajstić information content (AvgIpc) is 2.50. The molecule has 2 rings (SSSR count). The minimum Gasteiger partial charge on any atom is -0.508 e. The fourth-order valence-electron chi connectivity index (χ4n) is 1.57. The Morgan fingerprint density at radius 1 is 1.17 bits per heavy atom. The normalized spacial score (nSPS) is 10.2. The predicted molar refractivity (Wildman–Crippen MR) is 89.8 cm³/mol. The van der Waals surface area contributed by atoms with Gasteiger partial charge in [0, 0.05) is 22.1 Å². The van der Waals surface area contributed by atoms with Gasteiger partial charge in [0.2, 0.25) is 0 Å². The summed E-state index contributed by atoms with van der Waals surface area (Å²) in [5.41, 5.74) is 0.881. The van der Waals surface area contributed by atoms with Crippen molar-refractivity contribution in [1.29, 1.82) is 0 Å². The molecule has 126 valence electrons. The van der Waals surface area contributed by atoms with Gasteiger partial charge < -0.3 is 9.52 Å². The highest BCUT2D eigenvalue weighted by atomic mass is 35.5. The van der Waals surface area contributed by atoms with Crippen LogP contribution in [0.5, 0.6) is 5.75 Å². The van der Waals surface area contributed by atoms with Crippen LogP contribution in [0.2, 0.25) is 0 Å². The van der Waals surface area contributed by atoms with Crippen molar-refractivity contribution >= 4 is 42.4 Å². The molecule has 0 radical (unpaired) electrons. The summed E-state index contributed by atoms with van der Waals surface area (Å²) in [6.45, 7) is 2.30. The maximum atomic E-state index is 11.0. The second-order valence-corrected chi connectivity index (χ2v) is 5.92. The lowest BCUT2D eigenvalue weighted by Gasteiger charge is -1.99. The van der Waals surface area contributed by atoms with Gasteiger partial charge in [-0.15, -0.1) is 32.2 Å². The van der Waals surface area contributed by atoms with E-state index in [4.69, 9.17) is 32.7 Å². The monoisotopic (exact) mass is 381 g/mol. The van der Waals surface area contributed by atoms with Gasteiger partial charge in [-0.25, -0.2) is 4.79 Å². The van der Waals surface area contributed by atoms with E-state index in [-0.39, 0.29) is 19.0 Å². The Bertz CT molecular complexity index is 693. The molecule has 0 saturated heterocycles. The summed E-state index contributed by atoms with van der Waals surface area (Å²) in [5, 5.41) is 9.99. The zero-order chi connectivity index (χ0) is 17.2. The van der Waals surface area contributed by atoms with Crippen LogP contribution < -0.4 is 5.63 Å². The van der Waals surface area contributed by atoms with Crippen molar-refractivity contribution in [2.45, 2.75) is 6.92 Å². The molecule has 1 aromatic heterocycles. The minimum atomic E-state index is -2.01. The van der Waals surface area contributed by atoms with E-state index in [0.29, 0.717) is 17.3 Å². The first-order valence-electron chi connectivity index (χ1n) is 6.56. The highest BCUT2D eigenvalue weighted by Gasteiger charge is 2.18. The van der Waals surface area contributed by atoms with Crippen molar-refractivity contribution in [3.63, 3.8) is 0 Å². The van der Waals surface area contributed by atoms with E-state index in [1.807, 2.05) is 6.92 Å². The van der Waals surface area contributed by atoms with E-state index < -0.39 is 13.9 Å². The predicted octanol–water partition coefficient (Wildman–Crippen LogP) is 3.96. The van der Waals surface area contributed by atoms with E-state index in [1.165, 1.54) is 12.1 Å². The maximum Gasteiger partial charge on any atom is 0.697 e. The van der Waals surface area contributed by atoms with E-state index in [0.717, 1.165) is 10.9 Å². The van der Waals surface area contributed by atoms with Crippen LogP contribution in [0.25, 0.3) is 11.0 Å². The number of benzene rings is 1. The summed E-state index contributed by atoms with van der Waals surface area (Å²) in [6.07, 6.45) is 0. The van der Waals surface area contributed by atoms with Crippen molar-refractivity contribution in [3.05, 3.63) is 40.2 Å². The van der Waals surface area contributed by atoms with E-state index >= 15 is 0 Å². The molecule has 0 fully saturated rings. The molecule has 6 nitrogen and oxygen atoms in total. The minimum absolute atomic E-state index is 0.0984. The van der Waals surface area contributed by atoms with Crippen molar-refractivity contribution in [2.24, 2.45) is 0 Å². The lowest BCUT2D eigenvalue weighted by molar-refractivity contribution is 0.245.